The Morgan fingerprint density at radius 3 is 2.86 bits per heavy atom. The second-order valence-electron chi connectivity index (χ2n) is 5.55. The first kappa shape index (κ1) is 13.5. The third kappa shape index (κ3) is 2.03. The Bertz CT molecular complexity index is 898. The standard InChI is InChI=1S/C15H14ClN5O/c16-10-3-1-2-9-13(10)19-14(12(17)8-4-5-8)21(15(9)22)11-6-7-18-20-11/h1-3,6-8,12H,4-5,17H2,(H,18,20). The largest absolute Gasteiger partial charge is 0.321 e. The van der Waals surface area contributed by atoms with Crippen molar-refractivity contribution >= 4 is 22.5 Å². The minimum Gasteiger partial charge on any atom is -0.321 e. The lowest BCUT2D eigenvalue weighted by atomic mass is 10.1. The van der Waals surface area contributed by atoms with Crippen LogP contribution in [0, 0.1) is 5.92 Å². The first-order valence-electron chi connectivity index (χ1n) is 7.13. The average molecular weight is 316 g/mol. The topological polar surface area (TPSA) is 89.6 Å². The van der Waals surface area contributed by atoms with Crippen molar-refractivity contribution < 1.29 is 0 Å². The fourth-order valence-electron chi connectivity index (χ4n) is 2.69. The Hall–Kier alpha value is -2.18. The van der Waals surface area contributed by atoms with Crippen LogP contribution in [0.3, 0.4) is 0 Å². The van der Waals surface area contributed by atoms with Crippen LogP contribution in [0.1, 0.15) is 24.7 Å². The molecular formula is C15H14ClN5O. The molecule has 1 aliphatic rings. The van der Waals surface area contributed by atoms with Gasteiger partial charge < -0.3 is 5.73 Å². The maximum Gasteiger partial charge on any atom is 0.267 e. The van der Waals surface area contributed by atoms with E-state index in [0.717, 1.165) is 12.8 Å². The van der Waals surface area contributed by atoms with E-state index in [4.69, 9.17) is 17.3 Å². The summed E-state index contributed by atoms with van der Waals surface area (Å²) in [5, 5.41) is 7.65. The summed E-state index contributed by atoms with van der Waals surface area (Å²) in [6.45, 7) is 0. The molecule has 1 atom stereocenters. The van der Waals surface area contributed by atoms with E-state index < -0.39 is 0 Å². The van der Waals surface area contributed by atoms with Gasteiger partial charge in [-0.15, -0.1) is 0 Å². The summed E-state index contributed by atoms with van der Waals surface area (Å²) in [6, 6.07) is 6.62. The average Bonchev–Trinajstić information content (AvgIpc) is 3.23. The van der Waals surface area contributed by atoms with Crippen LogP contribution in [0.4, 0.5) is 0 Å². The van der Waals surface area contributed by atoms with E-state index in [2.05, 4.69) is 15.2 Å². The van der Waals surface area contributed by atoms with E-state index in [1.807, 2.05) is 0 Å². The molecule has 1 fully saturated rings. The van der Waals surface area contributed by atoms with Gasteiger partial charge in [0.05, 0.1) is 28.2 Å². The van der Waals surface area contributed by atoms with Crippen LogP contribution >= 0.6 is 11.6 Å². The van der Waals surface area contributed by atoms with Crippen molar-refractivity contribution in [3.8, 4) is 5.82 Å². The third-order valence-electron chi connectivity index (χ3n) is 4.03. The Kier molecular flexibility index (Phi) is 3.02. The lowest BCUT2D eigenvalue weighted by Gasteiger charge is -2.17. The van der Waals surface area contributed by atoms with Gasteiger partial charge in [0.15, 0.2) is 0 Å². The predicted molar refractivity (Wildman–Crippen MR) is 84.1 cm³/mol. The molecule has 1 saturated carbocycles. The highest BCUT2D eigenvalue weighted by atomic mass is 35.5. The van der Waals surface area contributed by atoms with Gasteiger partial charge in [-0.05, 0) is 30.9 Å². The second-order valence-corrected chi connectivity index (χ2v) is 5.96. The van der Waals surface area contributed by atoms with Gasteiger partial charge in [-0.1, -0.05) is 17.7 Å². The van der Waals surface area contributed by atoms with E-state index in [0.29, 0.717) is 33.5 Å². The van der Waals surface area contributed by atoms with Crippen molar-refractivity contribution in [1.29, 1.82) is 0 Å². The van der Waals surface area contributed by atoms with Crippen LogP contribution in [-0.4, -0.2) is 19.7 Å². The van der Waals surface area contributed by atoms with E-state index >= 15 is 0 Å². The van der Waals surface area contributed by atoms with Gasteiger partial charge in [0.1, 0.15) is 11.6 Å². The summed E-state index contributed by atoms with van der Waals surface area (Å²) < 4.78 is 1.51. The summed E-state index contributed by atoms with van der Waals surface area (Å²) in [5.41, 5.74) is 6.62. The maximum absolute atomic E-state index is 12.9. The first-order valence-corrected chi connectivity index (χ1v) is 7.51. The normalized spacial score (nSPS) is 16.1. The Morgan fingerprint density at radius 2 is 2.18 bits per heavy atom. The lowest BCUT2D eigenvalue weighted by molar-refractivity contribution is 0.571. The molecule has 0 amide bonds. The number of hydrogen-bond donors (Lipinski definition) is 2. The number of nitrogens with zero attached hydrogens (tertiary/aromatic N) is 3. The molecule has 6 nitrogen and oxygen atoms in total. The van der Waals surface area contributed by atoms with Crippen LogP contribution in [-0.2, 0) is 0 Å². The molecule has 1 aromatic carbocycles. The molecule has 0 radical (unpaired) electrons. The molecule has 0 saturated heterocycles. The molecule has 2 heterocycles. The van der Waals surface area contributed by atoms with Gasteiger partial charge >= 0.3 is 0 Å². The monoisotopic (exact) mass is 315 g/mol. The molecule has 1 unspecified atom stereocenters. The number of para-hydroxylation sites is 1. The lowest BCUT2D eigenvalue weighted by Crippen LogP contribution is -2.29. The number of nitrogens with one attached hydrogen (secondary N) is 1. The van der Waals surface area contributed by atoms with Crippen molar-refractivity contribution in [3.05, 3.63) is 51.7 Å². The molecular weight excluding hydrogens is 302 g/mol. The van der Waals surface area contributed by atoms with Crippen LogP contribution in [0.25, 0.3) is 16.7 Å². The van der Waals surface area contributed by atoms with E-state index in [1.165, 1.54) is 4.57 Å². The SMILES string of the molecule is NC(c1nc2c(Cl)cccc2c(=O)n1-c1ccn[nH]1)C1CC1. The van der Waals surface area contributed by atoms with Crippen molar-refractivity contribution in [1.82, 2.24) is 19.7 Å². The fraction of sp³-hybridized carbons (Fsp3) is 0.267. The number of nitrogens with two attached hydrogens (primary N) is 1. The quantitative estimate of drug-likeness (QED) is 0.775. The third-order valence-corrected chi connectivity index (χ3v) is 4.34. The summed E-state index contributed by atoms with van der Waals surface area (Å²) >= 11 is 6.21. The zero-order valence-corrected chi connectivity index (χ0v) is 12.4. The molecule has 4 rings (SSSR count). The van der Waals surface area contributed by atoms with Crippen molar-refractivity contribution in [2.45, 2.75) is 18.9 Å². The van der Waals surface area contributed by atoms with E-state index in [1.54, 1.807) is 30.5 Å². The summed E-state index contributed by atoms with van der Waals surface area (Å²) in [5.74, 6) is 1.45. The molecule has 0 aliphatic heterocycles. The van der Waals surface area contributed by atoms with Gasteiger partial charge in [-0.3, -0.25) is 9.89 Å². The van der Waals surface area contributed by atoms with Crippen LogP contribution in [0.2, 0.25) is 5.02 Å². The Balaban J connectivity index is 2.08. The zero-order valence-electron chi connectivity index (χ0n) is 11.7. The number of hydrogen-bond acceptors (Lipinski definition) is 4. The molecule has 7 heteroatoms. The minimum absolute atomic E-state index is 0.192. The summed E-state index contributed by atoms with van der Waals surface area (Å²) in [6.07, 6.45) is 3.71. The molecule has 22 heavy (non-hydrogen) atoms. The molecule has 2 aromatic heterocycles. The van der Waals surface area contributed by atoms with E-state index in [9.17, 15) is 4.79 Å². The van der Waals surface area contributed by atoms with Gasteiger partial charge in [-0.2, -0.15) is 5.10 Å². The highest BCUT2D eigenvalue weighted by Crippen LogP contribution is 2.39. The molecule has 0 bridgehead atoms. The van der Waals surface area contributed by atoms with Crippen molar-refractivity contribution in [2.24, 2.45) is 11.7 Å². The number of halogens is 1. The van der Waals surface area contributed by atoms with Gasteiger partial charge in [0.25, 0.3) is 5.56 Å². The molecule has 112 valence electrons. The number of benzene rings is 1. The maximum atomic E-state index is 12.9. The number of aromatic amines is 1. The van der Waals surface area contributed by atoms with Crippen molar-refractivity contribution in [3.63, 3.8) is 0 Å². The minimum atomic E-state index is -0.295. The van der Waals surface area contributed by atoms with Crippen molar-refractivity contribution in [2.75, 3.05) is 0 Å². The summed E-state index contributed by atoms with van der Waals surface area (Å²) in [4.78, 5) is 17.5. The van der Waals surface area contributed by atoms with E-state index in [-0.39, 0.29) is 11.6 Å². The fourth-order valence-corrected chi connectivity index (χ4v) is 2.90. The Morgan fingerprint density at radius 1 is 1.36 bits per heavy atom. The van der Waals surface area contributed by atoms with Gasteiger partial charge in [0, 0.05) is 6.07 Å². The highest BCUT2D eigenvalue weighted by Gasteiger charge is 2.33. The Labute approximate surface area is 130 Å². The molecule has 0 spiro atoms. The molecule has 1 aliphatic carbocycles. The van der Waals surface area contributed by atoms with Gasteiger partial charge in [0.2, 0.25) is 0 Å². The van der Waals surface area contributed by atoms with Crippen LogP contribution < -0.4 is 11.3 Å². The number of fused-ring (bicyclic) bond motifs is 1. The zero-order chi connectivity index (χ0) is 15.3. The smallest absolute Gasteiger partial charge is 0.267 e. The molecule has 3 aromatic rings. The second kappa shape index (κ2) is 4.93. The highest BCUT2D eigenvalue weighted by molar-refractivity contribution is 6.34. The molecule has 3 N–H and O–H groups in total. The van der Waals surface area contributed by atoms with Crippen LogP contribution in [0.5, 0.6) is 0 Å². The van der Waals surface area contributed by atoms with Gasteiger partial charge in [-0.25, -0.2) is 9.55 Å². The number of rotatable bonds is 3. The first-order chi connectivity index (χ1) is 10.7. The van der Waals surface area contributed by atoms with Crippen LogP contribution in [0.15, 0.2) is 35.3 Å². The number of aromatic nitrogens is 4. The number of H-pyrrole nitrogens is 1. The predicted octanol–water partition coefficient (Wildman–Crippen LogP) is 2.17. The summed E-state index contributed by atoms with van der Waals surface area (Å²) in [7, 11) is 0.